The van der Waals surface area contributed by atoms with E-state index in [1.54, 1.807) is 0 Å². The van der Waals surface area contributed by atoms with Crippen LogP contribution in [0.2, 0.25) is 0 Å². The molecule has 0 saturated carbocycles. The second kappa shape index (κ2) is 15.1. The number of fused-ring (bicyclic) bond motifs is 4. The van der Waals surface area contributed by atoms with Gasteiger partial charge in [0.1, 0.15) is 0 Å². The average Bonchev–Trinajstić information content (AvgIpc) is 3.66. The first-order valence-electron chi connectivity index (χ1n) is 20.6. The number of hydrogen-bond donors (Lipinski definition) is 0. The third-order valence-electron chi connectivity index (χ3n) is 11.8. The van der Waals surface area contributed by atoms with Crippen LogP contribution in [0.1, 0.15) is 0 Å². The molecule has 0 N–H and O–H groups in total. The molecule has 0 aliphatic rings. The lowest BCUT2D eigenvalue weighted by Gasteiger charge is -2.27. The fourth-order valence-electron chi connectivity index (χ4n) is 8.92. The predicted octanol–water partition coefficient (Wildman–Crippen LogP) is 16.1. The van der Waals surface area contributed by atoms with Crippen molar-refractivity contribution in [1.29, 1.82) is 0 Å². The summed E-state index contributed by atoms with van der Waals surface area (Å²) in [6.45, 7) is 0. The Bertz CT molecular complexity index is 3290. The molecule has 282 valence electrons. The molecule has 0 aliphatic carbocycles. The summed E-state index contributed by atoms with van der Waals surface area (Å²) in [4.78, 5) is 2.41. The zero-order chi connectivity index (χ0) is 39.8. The van der Waals surface area contributed by atoms with Gasteiger partial charge in [-0.15, -0.1) is 0 Å². The van der Waals surface area contributed by atoms with Gasteiger partial charge in [-0.25, -0.2) is 0 Å². The highest BCUT2D eigenvalue weighted by Crippen LogP contribution is 2.43. The van der Waals surface area contributed by atoms with Crippen molar-refractivity contribution >= 4 is 49.6 Å². The van der Waals surface area contributed by atoms with Gasteiger partial charge >= 0.3 is 0 Å². The van der Waals surface area contributed by atoms with E-state index >= 15 is 0 Å². The Morgan fingerprint density at radius 2 is 0.833 bits per heavy atom. The molecule has 2 heteroatoms. The lowest BCUT2D eigenvalue weighted by atomic mass is 9.91. The molecule has 0 fully saturated rings. The number of hydrogen-bond acceptors (Lipinski definition) is 1. The van der Waals surface area contributed by atoms with E-state index in [4.69, 9.17) is 0 Å². The maximum Gasteiger partial charge on any atom is 0.0541 e. The molecular weight excluding hydrogens is 725 g/mol. The normalized spacial score (nSPS) is 11.3. The smallest absolute Gasteiger partial charge is 0.0541 e. The van der Waals surface area contributed by atoms with Crippen LogP contribution in [-0.2, 0) is 0 Å². The van der Waals surface area contributed by atoms with Crippen molar-refractivity contribution < 1.29 is 0 Å². The minimum Gasteiger partial charge on any atom is -0.310 e. The molecule has 10 aromatic carbocycles. The monoisotopic (exact) mass is 764 g/mol. The van der Waals surface area contributed by atoms with E-state index in [-0.39, 0.29) is 0 Å². The lowest BCUT2D eigenvalue weighted by molar-refractivity contribution is 1.18. The zero-order valence-corrected chi connectivity index (χ0v) is 33.0. The van der Waals surface area contributed by atoms with Gasteiger partial charge in [-0.2, -0.15) is 0 Å². The minimum atomic E-state index is 1.10. The summed E-state index contributed by atoms with van der Waals surface area (Å²) in [5, 5.41) is 4.90. The Balaban J connectivity index is 1.02. The Morgan fingerprint density at radius 3 is 1.62 bits per heavy atom. The molecule has 11 aromatic rings. The van der Waals surface area contributed by atoms with Crippen LogP contribution in [-0.4, -0.2) is 4.57 Å². The van der Waals surface area contributed by atoms with Gasteiger partial charge in [0.2, 0.25) is 0 Å². The quantitative estimate of drug-likeness (QED) is 0.150. The fraction of sp³-hybridized carbons (Fsp3) is 0. The lowest BCUT2D eigenvalue weighted by Crippen LogP contribution is -2.10. The SMILES string of the molecule is c1ccc(-c2ccc(-c3ccc(N(c4cccc(-c5ccc6c(c5)c5ccccc5n6-c5ccccc5)c4)c4cccc5ccccc45)cc3)cc2-c2ccccc2)cc1. The number of para-hydroxylation sites is 2. The van der Waals surface area contributed by atoms with Crippen LogP contribution in [0.15, 0.2) is 243 Å². The van der Waals surface area contributed by atoms with E-state index in [0.29, 0.717) is 0 Å². The molecule has 0 unspecified atom stereocenters. The summed E-state index contributed by atoms with van der Waals surface area (Å²) in [7, 11) is 0. The fourth-order valence-corrected chi connectivity index (χ4v) is 8.92. The number of benzene rings is 10. The van der Waals surface area contributed by atoms with E-state index in [2.05, 4.69) is 252 Å². The predicted molar refractivity (Wildman–Crippen MR) is 255 cm³/mol. The summed E-state index contributed by atoms with van der Waals surface area (Å²) in [6.07, 6.45) is 0. The highest BCUT2D eigenvalue weighted by molar-refractivity contribution is 6.10. The van der Waals surface area contributed by atoms with Gasteiger partial charge in [-0.3, -0.25) is 0 Å². The summed E-state index contributed by atoms with van der Waals surface area (Å²) in [6, 6.07) is 87.8. The third-order valence-corrected chi connectivity index (χ3v) is 11.8. The number of rotatable bonds is 8. The molecule has 1 heterocycles. The van der Waals surface area contributed by atoms with E-state index in [0.717, 1.165) is 22.7 Å². The summed E-state index contributed by atoms with van der Waals surface area (Å²) in [5.41, 5.74) is 16.5. The molecule has 0 aliphatic heterocycles. The van der Waals surface area contributed by atoms with Crippen molar-refractivity contribution in [2.45, 2.75) is 0 Å². The first-order valence-corrected chi connectivity index (χ1v) is 20.6. The maximum atomic E-state index is 2.41. The topological polar surface area (TPSA) is 8.17 Å². The molecule has 0 radical (unpaired) electrons. The second-order valence-corrected chi connectivity index (χ2v) is 15.3. The molecule has 0 amide bonds. The van der Waals surface area contributed by atoms with E-state index < -0.39 is 0 Å². The molecule has 0 saturated heterocycles. The summed E-state index contributed by atoms with van der Waals surface area (Å²) < 4.78 is 2.37. The van der Waals surface area contributed by atoms with Crippen LogP contribution in [0, 0.1) is 0 Å². The molecule has 1 aromatic heterocycles. The number of nitrogens with zero attached hydrogens (tertiary/aromatic N) is 2. The average molecular weight is 765 g/mol. The second-order valence-electron chi connectivity index (χ2n) is 15.3. The van der Waals surface area contributed by atoms with Crippen LogP contribution >= 0.6 is 0 Å². The van der Waals surface area contributed by atoms with Gasteiger partial charge in [0.15, 0.2) is 0 Å². The summed E-state index contributed by atoms with van der Waals surface area (Å²) in [5.74, 6) is 0. The Hall–Kier alpha value is -7.94. The first kappa shape index (κ1) is 35.2. The van der Waals surface area contributed by atoms with Gasteiger partial charge < -0.3 is 9.47 Å². The molecule has 60 heavy (non-hydrogen) atoms. The van der Waals surface area contributed by atoms with Crippen LogP contribution in [0.25, 0.3) is 82.8 Å². The van der Waals surface area contributed by atoms with Crippen molar-refractivity contribution in [3.63, 3.8) is 0 Å². The van der Waals surface area contributed by atoms with Crippen LogP contribution in [0.3, 0.4) is 0 Å². The van der Waals surface area contributed by atoms with E-state index in [9.17, 15) is 0 Å². The van der Waals surface area contributed by atoms with Gasteiger partial charge in [0.25, 0.3) is 0 Å². The van der Waals surface area contributed by atoms with Crippen molar-refractivity contribution in [2.24, 2.45) is 0 Å². The maximum absolute atomic E-state index is 2.41. The zero-order valence-electron chi connectivity index (χ0n) is 33.0. The highest BCUT2D eigenvalue weighted by Gasteiger charge is 2.18. The number of anilines is 3. The van der Waals surface area contributed by atoms with Crippen LogP contribution < -0.4 is 4.90 Å². The van der Waals surface area contributed by atoms with Gasteiger partial charge in [-0.05, 0) is 117 Å². The van der Waals surface area contributed by atoms with Crippen molar-refractivity contribution in [3.8, 4) is 50.2 Å². The van der Waals surface area contributed by atoms with E-state index in [1.807, 2.05) is 0 Å². The minimum absolute atomic E-state index is 1.10. The molecule has 11 rings (SSSR count). The Morgan fingerprint density at radius 1 is 0.283 bits per heavy atom. The first-order chi connectivity index (χ1) is 29.8. The van der Waals surface area contributed by atoms with Crippen molar-refractivity contribution in [2.75, 3.05) is 4.90 Å². The standard InChI is InChI=1S/C58H40N2/c1-4-16-42(17-5-1)51-36-32-46(39-54(51)44-18-6-2-7-19-44)41-30-34-49(35-31-41)59(56-29-15-21-43-20-10-11-26-52(43)56)50-25-14-22-45(38-50)47-33-37-58-55(40-47)53-27-12-13-28-57(53)60(58)48-23-8-3-9-24-48/h1-40H. The van der Waals surface area contributed by atoms with Crippen LogP contribution in [0.4, 0.5) is 17.1 Å². The Kier molecular flexibility index (Phi) is 8.87. The number of aromatic nitrogens is 1. The summed E-state index contributed by atoms with van der Waals surface area (Å²) >= 11 is 0. The van der Waals surface area contributed by atoms with Crippen LogP contribution in [0.5, 0.6) is 0 Å². The molecule has 2 nitrogen and oxygen atoms in total. The molecule has 0 bridgehead atoms. The van der Waals surface area contributed by atoms with Gasteiger partial charge in [0.05, 0.1) is 16.7 Å². The largest absolute Gasteiger partial charge is 0.310 e. The van der Waals surface area contributed by atoms with Gasteiger partial charge in [-0.1, -0.05) is 176 Å². The molecular formula is C58H40N2. The van der Waals surface area contributed by atoms with E-state index in [1.165, 1.54) is 77.1 Å². The third kappa shape index (κ3) is 6.32. The molecule has 0 atom stereocenters. The van der Waals surface area contributed by atoms with Gasteiger partial charge in [0, 0.05) is 33.2 Å². The van der Waals surface area contributed by atoms with Crippen molar-refractivity contribution in [1.82, 2.24) is 4.57 Å². The highest BCUT2D eigenvalue weighted by atomic mass is 15.1. The molecule has 0 spiro atoms. The Labute approximate surface area is 350 Å². The van der Waals surface area contributed by atoms with Crippen molar-refractivity contribution in [3.05, 3.63) is 243 Å².